The number of aromatic nitrogens is 4. The highest BCUT2D eigenvalue weighted by molar-refractivity contribution is 6.41. The van der Waals surface area contributed by atoms with Crippen LogP contribution in [0.3, 0.4) is 0 Å². The first kappa shape index (κ1) is 33.3. The van der Waals surface area contributed by atoms with Gasteiger partial charge in [-0.2, -0.15) is 5.10 Å². The molecule has 9 nitrogen and oxygen atoms in total. The van der Waals surface area contributed by atoms with E-state index in [1.807, 2.05) is 30.1 Å². The molecule has 2 aliphatic rings. The molecule has 0 amide bonds. The van der Waals surface area contributed by atoms with E-state index < -0.39 is 0 Å². The summed E-state index contributed by atoms with van der Waals surface area (Å²) in [5.41, 5.74) is 5.35. The van der Waals surface area contributed by atoms with E-state index in [1.165, 1.54) is 57.1 Å². The summed E-state index contributed by atoms with van der Waals surface area (Å²) in [5, 5.41) is 19.4. The average Bonchev–Trinajstić information content (AvgIpc) is 3.67. The first-order valence-electron chi connectivity index (χ1n) is 16.1. The molecule has 2 unspecified atom stereocenters. The lowest BCUT2D eigenvalue weighted by Gasteiger charge is -2.26. The van der Waals surface area contributed by atoms with E-state index in [4.69, 9.17) is 10.4 Å². The molecule has 4 N–H and O–H groups in total. The van der Waals surface area contributed by atoms with Gasteiger partial charge >= 0.3 is 0 Å². The molecule has 42 heavy (non-hydrogen) atoms. The third-order valence-electron chi connectivity index (χ3n) is 8.29. The van der Waals surface area contributed by atoms with Gasteiger partial charge in [0.25, 0.3) is 0 Å². The van der Waals surface area contributed by atoms with Gasteiger partial charge in [0.15, 0.2) is 0 Å². The summed E-state index contributed by atoms with van der Waals surface area (Å²) >= 11 is 0. The molecule has 2 aliphatic heterocycles. The first-order valence-corrected chi connectivity index (χ1v) is 16.1. The Hall–Kier alpha value is -3.20. The second kappa shape index (κ2) is 17.7. The molecule has 0 spiro atoms. The van der Waals surface area contributed by atoms with Crippen LogP contribution in [0.15, 0.2) is 42.3 Å². The minimum atomic E-state index is 0.0508. The molecule has 4 rings (SSSR count). The average molecular weight is 578 g/mol. The number of aryl methyl sites for hydroxylation is 1. The lowest BCUT2D eigenvalue weighted by Crippen LogP contribution is -2.36. The summed E-state index contributed by atoms with van der Waals surface area (Å²) in [7, 11) is 0. The van der Waals surface area contributed by atoms with Crippen LogP contribution in [0, 0.1) is 11.3 Å². The van der Waals surface area contributed by atoms with Crippen LogP contribution in [0.4, 0.5) is 5.95 Å². The number of aromatic amines is 1. The number of hydrogen-bond donors (Lipinski definition) is 4. The van der Waals surface area contributed by atoms with Crippen molar-refractivity contribution in [3.8, 4) is 0 Å². The van der Waals surface area contributed by atoms with Crippen molar-refractivity contribution in [2.24, 2.45) is 10.9 Å². The van der Waals surface area contributed by atoms with E-state index in [9.17, 15) is 0 Å². The molecule has 0 radical (unpaired) electrons. The van der Waals surface area contributed by atoms with Crippen molar-refractivity contribution in [2.45, 2.75) is 104 Å². The van der Waals surface area contributed by atoms with Crippen LogP contribution < -0.4 is 10.6 Å². The van der Waals surface area contributed by atoms with E-state index in [2.05, 4.69) is 64.5 Å². The summed E-state index contributed by atoms with van der Waals surface area (Å²) in [4.78, 5) is 15.1. The summed E-state index contributed by atoms with van der Waals surface area (Å²) in [6.45, 7) is 21.4. The Labute approximate surface area is 253 Å². The Balaban J connectivity index is 0.000000603. The SMILES string of the molecule is C=C(NC(CCCC(C)CC)c1cnc(/N=C(/CN2CCCCC2)C(C)=N)[nH]1)c1ccnn1CC.C=C1CCCCN1. The van der Waals surface area contributed by atoms with Crippen molar-refractivity contribution in [1.29, 1.82) is 5.41 Å². The number of rotatable bonds is 14. The van der Waals surface area contributed by atoms with Crippen LogP contribution in [0.5, 0.6) is 0 Å². The fourth-order valence-electron chi connectivity index (χ4n) is 5.38. The fourth-order valence-corrected chi connectivity index (χ4v) is 5.38. The van der Waals surface area contributed by atoms with Gasteiger partial charge in [0.1, 0.15) is 0 Å². The smallest absolute Gasteiger partial charge is 0.227 e. The Morgan fingerprint density at radius 3 is 2.57 bits per heavy atom. The molecule has 4 heterocycles. The third-order valence-corrected chi connectivity index (χ3v) is 8.29. The molecule has 0 aromatic carbocycles. The van der Waals surface area contributed by atoms with Gasteiger partial charge in [-0.05, 0) is 77.4 Å². The maximum absolute atomic E-state index is 8.24. The highest BCUT2D eigenvalue weighted by Gasteiger charge is 2.19. The number of hydrogen-bond acceptors (Lipinski definition) is 7. The zero-order valence-corrected chi connectivity index (χ0v) is 26.6. The molecule has 232 valence electrons. The van der Waals surface area contributed by atoms with Crippen LogP contribution in [-0.4, -0.2) is 62.3 Å². The number of H-pyrrole nitrogens is 1. The van der Waals surface area contributed by atoms with Crippen LogP contribution in [0.2, 0.25) is 0 Å². The monoisotopic (exact) mass is 577 g/mol. The normalized spacial score (nSPS) is 17.5. The first-order chi connectivity index (χ1) is 20.3. The second-order valence-corrected chi connectivity index (χ2v) is 11.8. The van der Waals surface area contributed by atoms with Crippen molar-refractivity contribution in [2.75, 3.05) is 26.2 Å². The maximum Gasteiger partial charge on any atom is 0.227 e. The largest absolute Gasteiger partial charge is 0.389 e. The number of imidazole rings is 1. The molecule has 2 saturated heterocycles. The zero-order valence-electron chi connectivity index (χ0n) is 26.6. The van der Waals surface area contributed by atoms with Crippen LogP contribution in [0.25, 0.3) is 5.70 Å². The predicted octanol–water partition coefficient (Wildman–Crippen LogP) is 7.02. The zero-order chi connectivity index (χ0) is 30.3. The van der Waals surface area contributed by atoms with Crippen molar-refractivity contribution in [3.05, 3.63) is 48.7 Å². The fraction of sp³-hybridized carbons (Fsp3) is 0.636. The highest BCUT2D eigenvalue weighted by atomic mass is 15.3. The number of likely N-dealkylation sites (tertiary alicyclic amines) is 1. The molecule has 2 fully saturated rings. The Kier molecular flexibility index (Phi) is 14.0. The number of nitrogens with one attached hydrogen (secondary N) is 4. The van der Waals surface area contributed by atoms with E-state index in [-0.39, 0.29) is 6.04 Å². The van der Waals surface area contributed by atoms with E-state index in [0.717, 1.165) is 67.7 Å². The van der Waals surface area contributed by atoms with E-state index in [0.29, 0.717) is 18.2 Å². The number of nitrogens with zero attached hydrogens (tertiary/aromatic N) is 5. The minimum absolute atomic E-state index is 0.0508. The summed E-state index contributed by atoms with van der Waals surface area (Å²) in [6, 6.07) is 2.05. The van der Waals surface area contributed by atoms with E-state index >= 15 is 0 Å². The molecular weight excluding hydrogens is 522 g/mol. The standard InChI is InChI=1S/C27H44N8.C6H11N/c1-6-20(3)12-11-13-23(31-22(5)26-14-15-30-35(26)7-2)24-18-29-27(32-24)33-25(21(4)28)19-34-16-9-8-10-17-34;1-6-4-2-3-5-7-6/h14-15,18,20,23,28,31H,5-13,16-17,19H2,1-4H3,(H,29,32);7H,1-5H2/b28-21?,33-25-;. The topological polar surface area (TPSA) is 110 Å². The molecule has 0 bridgehead atoms. The quantitative estimate of drug-likeness (QED) is 0.180. The van der Waals surface area contributed by atoms with Crippen molar-refractivity contribution in [1.82, 2.24) is 35.3 Å². The minimum Gasteiger partial charge on any atom is -0.389 e. The van der Waals surface area contributed by atoms with Crippen LogP contribution in [-0.2, 0) is 6.54 Å². The Morgan fingerprint density at radius 2 is 1.95 bits per heavy atom. The van der Waals surface area contributed by atoms with Crippen LogP contribution >= 0.6 is 0 Å². The third kappa shape index (κ3) is 10.9. The van der Waals surface area contributed by atoms with Gasteiger partial charge in [0.2, 0.25) is 5.95 Å². The van der Waals surface area contributed by atoms with Gasteiger partial charge in [0.05, 0.1) is 40.7 Å². The number of aliphatic imine (C=N–C) groups is 1. The van der Waals surface area contributed by atoms with Gasteiger partial charge in [-0.1, -0.05) is 52.7 Å². The van der Waals surface area contributed by atoms with Gasteiger partial charge in [-0.25, -0.2) is 9.98 Å². The van der Waals surface area contributed by atoms with Gasteiger partial charge in [0, 0.05) is 31.5 Å². The van der Waals surface area contributed by atoms with Gasteiger partial charge < -0.3 is 21.0 Å². The predicted molar refractivity (Wildman–Crippen MR) is 176 cm³/mol. The Bertz CT molecular complexity index is 1140. The maximum atomic E-state index is 8.24. The lowest BCUT2D eigenvalue weighted by atomic mass is 9.98. The Morgan fingerprint density at radius 1 is 1.17 bits per heavy atom. The molecule has 2 aromatic heterocycles. The summed E-state index contributed by atoms with van der Waals surface area (Å²) in [6.07, 6.45) is 15.7. The van der Waals surface area contributed by atoms with Crippen LogP contribution in [0.1, 0.15) is 109 Å². The van der Waals surface area contributed by atoms with Gasteiger partial charge in [-0.15, -0.1) is 0 Å². The van der Waals surface area contributed by atoms with Crippen molar-refractivity contribution in [3.63, 3.8) is 0 Å². The molecule has 2 aromatic rings. The molecule has 9 heteroatoms. The van der Waals surface area contributed by atoms with Crippen molar-refractivity contribution < 1.29 is 0 Å². The summed E-state index contributed by atoms with van der Waals surface area (Å²) < 4.78 is 1.95. The van der Waals surface area contributed by atoms with E-state index in [1.54, 1.807) is 0 Å². The summed E-state index contributed by atoms with van der Waals surface area (Å²) in [5.74, 6) is 1.28. The highest BCUT2D eigenvalue weighted by Crippen LogP contribution is 2.25. The molecule has 0 saturated carbocycles. The lowest BCUT2D eigenvalue weighted by molar-refractivity contribution is 0.259. The molecular formula is C33H55N9. The second-order valence-electron chi connectivity index (χ2n) is 11.8. The number of allylic oxidation sites excluding steroid dienone is 1. The molecule has 0 aliphatic carbocycles. The van der Waals surface area contributed by atoms with Gasteiger partial charge in [-0.3, -0.25) is 9.58 Å². The van der Waals surface area contributed by atoms with Crippen molar-refractivity contribution >= 4 is 23.1 Å². The number of piperidine rings is 2. The molecule has 2 atom stereocenters.